The molecule has 28 heavy (non-hydrogen) atoms. The van der Waals surface area contributed by atoms with Gasteiger partial charge in [-0.15, -0.1) is 0 Å². The van der Waals surface area contributed by atoms with E-state index in [-0.39, 0.29) is 12.5 Å². The van der Waals surface area contributed by atoms with Gasteiger partial charge in [0.1, 0.15) is 5.75 Å². The van der Waals surface area contributed by atoms with E-state index in [0.717, 1.165) is 33.7 Å². The molecular formula is C22H21ClN2O3. The van der Waals surface area contributed by atoms with Crippen molar-refractivity contribution in [3.05, 3.63) is 69.9 Å². The number of ether oxygens (including phenoxy) is 1. The molecule has 144 valence electrons. The highest BCUT2D eigenvalue weighted by Gasteiger charge is 2.27. The van der Waals surface area contributed by atoms with Gasteiger partial charge in [-0.3, -0.25) is 4.79 Å². The van der Waals surface area contributed by atoms with E-state index in [1.807, 2.05) is 50.2 Å². The van der Waals surface area contributed by atoms with Crippen molar-refractivity contribution in [2.45, 2.75) is 26.8 Å². The maximum Gasteiger partial charge on any atom is 0.260 e. The molecule has 0 saturated carbocycles. The molecule has 0 unspecified atom stereocenters. The van der Waals surface area contributed by atoms with E-state index in [4.69, 9.17) is 20.9 Å². The van der Waals surface area contributed by atoms with Crippen LogP contribution in [-0.4, -0.2) is 29.1 Å². The Morgan fingerprint density at radius 2 is 1.89 bits per heavy atom. The third-order valence-electron chi connectivity index (χ3n) is 4.85. The molecule has 0 bridgehead atoms. The predicted molar refractivity (Wildman–Crippen MR) is 107 cm³/mol. The van der Waals surface area contributed by atoms with Crippen molar-refractivity contribution in [3.8, 4) is 17.1 Å². The van der Waals surface area contributed by atoms with Crippen LogP contribution in [-0.2, 0) is 17.8 Å². The zero-order chi connectivity index (χ0) is 19.7. The summed E-state index contributed by atoms with van der Waals surface area (Å²) in [6.45, 7) is 5.11. The third kappa shape index (κ3) is 3.90. The number of fused-ring (bicyclic) bond motifs is 1. The lowest BCUT2D eigenvalue weighted by molar-refractivity contribution is -0.134. The van der Waals surface area contributed by atoms with Gasteiger partial charge in [-0.05, 0) is 61.4 Å². The van der Waals surface area contributed by atoms with Crippen LogP contribution in [0.15, 0.2) is 47.0 Å². The summed E-state index contributed by atoms with van der Waals surface area (Å²) >= 11 is 5.97. The molecule has 0 radical (unpaired) electrons. The number of rotatable bonds is 4. The van der Waals surface area contributed by atoms with Crippen LogP contribution in [0.25, 0.3) is 11.3 Å². The van der Waals surface area contributed by atoms with Crippen LogP contribution >= 0.6 is 11.6 Å². The minimum atomic E-state index is -0.0481. The molecule has 5 nitrogen and oxygen atoms in total. The Labute approximate surface area is 168 Å². The zero-order valence-electron chi connectivity index (χ0n) is 15.9. The Balaban J connectivity index is 1.46. The first-order valence-electron chi connectivity index (χ1n) is 9.22. The summed E-state index contributed by atoms with van der Waals surface area (Å²) in [6, 6.07) is 13.4. The van der Waals surface area contributed by atoms with Crippen molar-refractivity contribution in [2.24, 2.45) is 0 Å². The number of hydrogen-bond donors (Lipinski definition) is 0. The van der Waals surface area contributed by atoms with Gasteiger partial charge in [0.15, 0.2) is 12.4 Å². The minimum absolute atomic E-state index is 0.0137. The number of hydrogen-bond acceptors (Lipinski definition) is 4. The van der Waals surface area contributed by atoms with Crippen molar-refractivity contribution >= 4 is 17.5 Å². The van der Waals surface area contributed by atoms with E-state index in [2.05, 4.69) is 11.2 Å². The molecule has 0 aliphatic carbocycles. The maximum atomic E-state index is 12.7. The van der Waals surface area contributed by atoms with Crippen LogP contribution in [0.2, 0.25) is 5.02 Å². The van der Waals surface area contributed by atoms with Crippen molar-refractivity contribution in [3.63, 3.8) is 0 Å². The summed E-state index contributed by atoms with van der Waals surface area (Å²) in [5.41, 5.74) is 4.99. The average Bonchev–Trinajstić information content (AvgIpc) is 3.09. The third-order valence-corrected chi connectivity index (χ3v) is 5.11. The molecule has 0 saturated heterocycles. The predicted octanol–water partition coefficient (Wildman–Crippen LogP) is 4.58. The second-order valence-electron chi connectivity index (χ2n) is 7.12. The lowest BCUT2D eigenvalue weighted by Gasteiger charge is -2.26. The SMILES string of the molecule is Cc1cc(C)cc(OCC(=O)N2CCc3noc(-c4ccc(Cl)cc4)c3C2)c1. The van der Waals surface area contributed by atoms with Gasteiger partial charge >= 0.3 is 0 Å². The molecule has 1 aliphatic heterocycles. The molecule has 1 aliphatic rings. The fourth-order valence-electron chi connectivity index (χ4n) is 3.51. The number of amides is 1. The monoisotopic (exact) mass is 396 g/mol. The summed E-state index contributed by atoms with van der Waals surface area (Å²) in [4.78, 5) is 14.5. The number of benzene rings is 2. The molecule has 1 aromatic heterocycles. The molecule has 0 atom stereocenters. The summed E-state index contributed by atoms with van der Waals surface area (Å²) in [7, 11) is 0. The molecule has 4 rings (SSSR count). The average molecular weight is 397 g/mol. The molecule has 0 spiro atoms. The van der Waals surface area contributed by atoms with Crippen LogP contribution in [0.4, 0.5) is 0 Å². The van der Waals surface area contributed by atoms with Gasteiger partial charge in [-0.1, -0.05) is 22.8 Å². The fourth-order valence-corrected chi connectivity index (χ4v) is 3.63. The van der Waals surface area contributed by atoms with Crippen molar-refractivity contribution < 1.29 is 14.1 Å². The summed E-state index contributed by atoms with van der Waals surface area (Å²) in [5.74, 6) is 1.36. The first kappa shape index (κ1) is 18.6. The lowest BCUT2D eigenvalue weighted by atomic mass is 10.0. The van der Waals surface area contributed by atoms with Crippen molar-refractivity contribution in [1.29, 1.82) is 0 Å². The van der Waals surface area contributed by atoms with Gasteiger partial charge in [-0.25, -0.2) is 0 Å². The largest absolute Gasteiger partial charge is 0.484 e. The molecular weight excluding hydrogens is 376 g/mol. The molecule has 2 aromatic carbocycles. The van der Waals surface area contributed by atoms with Crippen LogP contribution in [0, 0.1) is 13.8 Å². The molecule has 3 aromatic rings. The lowest BCUT2D eigenvalue weighted by Crippen LogP contribution is -2.38. The smallest absolute Gasteiger partial charge is 0.260 e. The topological polar surface area (TPSA) is 55.6 Å². The highest BCUT2D eigenvalue weighted by atomic mass is 35.5. The Morgan fingerprint density at radius 3 is 2.61 bits per heavy atom. The van der Waals surface area contributed by atoms with Gasteiger partial charge in [0, 0.05) is 29.1 Å². The van der Waals surface area contributed by atoms with Crippen LogP contribution in [0.3, 0.4) is 0 Å². The molecule has 1 amide bonds. The summed E-state index contributed by atoms with van der Waals surface area (Å²) in [5, 5.41) is 4.85. The molecule has 0 N–H and O–H groups in total. The highest BCUT2D eigenvalue weighted by Crippen LogP contribution is 2.31. The normalized spacial score (nSPS) is 13.3. The second-order valence-corrected chi connectivity index (χ2v) is 7.56. The number of carbonyl (C=O) groups is 1. The highest BCUT2D eigenvalue weighted by molar-refractivity contribution is 6.30. The molecule has 6 heteroatoms. The second kappa shape index (κ2) is 7.68. The Hall–Kier alpha value is -2.79. The van der Waals surface area contributed by atoms with Gasteiger partial charge in [0.2, 0.25) is 0 Å². The first-order chi connectivity index (χ1) is 13.5. The van der Waals surface area contributed by atoms with Gasteiger partial charge in [0.05, 0.1) is 12.2 Å². The van der Waals surface area contributed by atoms with E-state index in [9.17, 15) is 4.79 Å². The number of carbonyl (C=O) groups excluding carboxylic acids is 1. The quantitative estimate of drug-likeness (QED) is 0.648. The van der Waals surface area contributed by atoms with Crippen molar-refractivity contribution in [2.75, 3.05) is 13.2 Å². The Bertz CT molecular complexity index is 991. The van der Waals surface area contributed by atoms with Gasteiger partial charge < -0.3 is 14.2 Å². The van der Waals surface area contributed by atoms with Crippen LogP contribution in [0.1, 0.15) is 22.4 Å². The van der Waals surface area contributed by atoms with Gasteiger partial charge in [0.25, 0.3) is 5.91 Å². The maximum absolute atomic E-state index is 12.7. The summed E-state index contributed by atoms with van der Waals surface area (Å²) in [6.07, 6.45) is 0.668. The standard InChI is InChI=1S/C22H21ClN2O3/c1-14-9-15(2)11-18(10-14)27-13-21(26)25-8-7-20-19(12-25)22(28-24-20)16-3-5-17(23)6-4-16/h3-6,9-11H,7-8,12-13H2,1-2H3. The zero-order valence-corrected chi connectivity index (χ0v) is 16.6. The van der Waals surface area contributed by atoms with E-state index in [1.165, 1.54) is 0 Å². The Kier molecular flexibility index (Phi) is 5.09. The van der Waals surface area contributed by atoms with E-state index in [0.29, 0.717) is 30.3 Å². The number of aromatic nitrogens is 1. The summed E-state index contributed by atoms with van der Waals surface area (Å²) < 4.78 is 11.3. The Morgan fingerprint density at radius 1 is 1.18 bits per heavy atom. The van der Waals surface area contributed by atoms with Crippen LogP contribution < -0.4 is 4.74 Å². The van der Waals surface area contributed by atoms with E-state index in [1.54, 1.807) is 4.90 Å². The number of nitrogens with zero attached hydrogens (tertiary/aromatic N) is 2. The number of halogens is 1. The minimum Gasteiger partial charge on any atom is -0.484 e. The van der Waals surface area contributed by atoms with E-state index < -0.39 is 0 Å². The van der Waals surface area contributed by atoms with Gasteiger partial charge in [-0.2, -0.15) is 0 Å². The number of aryl methyl sites for hydroxylation is 2. The van der Waals surface area contributed by atoms with Crippen LogP contribution in [0.5, 0.6) is 5.75 Å². The first-order valence-corrected chi connectivity index (χ1v) is 9.59. The molecule has 0 fully saturated rings. The van der Waals surface area contributed by atoms with E-state index >= 15 is 0 Å². The molecule has 2 heterocycles. The van der Waals surface area contributed by atoms with Crippen molar-refractivity contribution in [1.82, 2.24) is 10.1 Å². The fraction of sp³-hybridized carbons (Fsp3) is 0.273.